The fourth-order valence-electron chi connectivity index (χ4n) is 2.46. The molecule has 1 saturated carbocycles. The lowest BCUT2D eigenvalue weighted by atomic mass is 9.95. The molecule has 1 saturated heterocycles. The van der Waals surface area contributed by atoms with E-state index < -0.39 is 0 Å². The van der Waals surface area contributed by atoms with Crippen molar-refractivity contribution < 1.29 is 9.47 Å². The van der Waals surface area contributed by atoms with E-state index in [-0.39, 0.29) is 18.5 Å². The highest BCUT2D eigenvalue weighted by Crippen LogP contribution is 2.31. The maximum absolute atomic E-state index is 5.79. The van der Waals surface area contributed by atoms with E-state index in [4.69, 9.17) is 9.47 Å². The fraction of sp³-hybridized carbons (Fsp3) is 0.467. The molecule has 0 radical (unpaired) electrons. The third-order valence-electron chi connectivity index (χ3n) is 3.35. The van der Waals surface area contributed by atoms with Crippen molar-refractivity contribution in [3.63, 3.8) is 0 Å². The molecule has 3 atom stereocenters. The van der Waals surface area contributed by atoms with Gasteiger partial charge in [-0.2, -0.15) is 0 Å². The summed E-state index contributed by atoms with van der Waals surface area (Å²) >= 11 is 0. The Morgan fingerprint density at radius 1 is 0.941 bits per heavy atom. The van der Waals surface area contributed by atoms with Crippen LogP contribution in [0.4, 0.5) is 0 Å². The minimum absolute atomic E-state index is 0.277. The van der Waals surface area contributed by atoms with E-state index in [1.165, 1.54) is 12.8 Å². The number of ether oxygens (including phenoxy) is 2. The molecule has 1 aromatic carbocycles. The first-order valence-electron chi connectivity index (χ1n) is 6.29. The van der Waals surface area contributed by atoms with Crippen LogP contribution < -0.4 is 0 Å². The molecular formula is C15H16O2. The molecule has 0 spiro atoms. The Balaban J connectivity index is 1.66. The minimum Gasteiger partial charge on any atom is -0.336 e. The Hall–Kier alpha value is -1.30. The average Bonchev–Trinajstić information content (AvgIpc) is 2.80. The van der Waals surface area contributed by atoms with Crippen molar-refractivity contribution in [2.24, 2.45) is 0 Å². The molecule has 0 bridgehead atoms. The van der Waals surface area contributed by atoms with Crippen LogP contribution in [0.1, 0.15) is 31.2 Å². The number of fused-ring (bicyclic) bond motifs is 1. The SMILES string of the molecule is C(#CC1O[C@H]2CCCC[C@H]2O1)c1ccccc1. The van der Waals surface area contributed by atoms with Gasteiger partial charge in [-0.25, -0.2) is 0 Å². The van der Waals surface area contributed by atoms with Crippen molar-refractivity contribution in [2.75, 3.05) is 0 Å². The molecule has 0 N–H and O–H groups in total. The first-order chi connectivity index (χ1) is 8.42. The topological polar surface area (TPSA) is 18.5 Å². The Morgan fingerprint density at radius 3 is 2.24 bits per heavy atom. The highest BCUT2D eigenvalue weighted by atomic mass is 16.7. The summed E-state index contributed by atoms with van der Waals surface area (Å²) in [6.07, 6.45) is 4.97. The van der Waals surface area contributed by atoms with Gasteiger partial charge in [0.1, 0.15) is 0 Å². The van der Waals surface area contributed by atoms with E-state index in [0.717, 1.165) is 18.4 Å². The standard InChI is InChI=1S/C15H16O2/c1-2-6-12(7-3-1)10-11-15-16-13-8-4-5-9-14(13)17-15/h1-3,6-7,13-15H,4-5,8-9H2/t13-,14+,15?. The number of benzene rings is 1. The van der Waals surface area contributed by atoms with Gasteiger partial charge >= 0.3 is 0 Å². The predicted molar refractivity (Wildman–Crippen MR) is 65.3 cm³/mol. The lowest BCUT2D eigenvalue weighted by Crippen LogP contribution is -2.25. The van der Waals surface area contributed by atoms with E-state index in [0.29, 0.717) is 0 Å². The highest BCUT2D eigenvalue weighted by Gasteiger charge is 2.36. The molecule has 88 valence electrons. The van der Waals surface area contributed by atoms with Crippen LogP contribution in [0.3, 0.4) is 0 Å². The second-order valence-electron chi connectivity index (χ2n) is 4.60. The Bertz CT molecular complexity index is 415. The normalized spacial score (nSPS) is 31.4. The molecule has 1 unspecified atom stereocenters. The quantitative estimate of drug-likeness (QED) is 0.636. The van der Waals surface area contributed by atoms with Gasteiger partial charge in [0.25, 0.3) is 0 Å². The van der Waals surface area contributed by atoms with Gasteiger partial charge in [-0.05, 0) is 30.9 Å². The van der Waals surface area contributed by atoms with E-state index >= 15 is 0 Å². The highest BCUT2D eigenvalue weighted by molar-refractivity contribution is 5.34. The van der Waals surface area contributed by atoms with Crippen LogP contribution in [0.2, 0.25) is 0 Å². The monoisotopic (exact) mass is 228 g/mol. The molecule has 17 heavy (non-hydrogen) atoms. The summed E-state index contributed by atoms with van der Waals surface area (Å²) in [7, 11) is 0. The first kappa shape index (κ1) is 10.8. The first-order valence-corrected chi connectivity index (χ1v) is 6.29. The third kappa shape index (κ3) is 2.52. The van der Waals surface area contributed by atoms with Crippen LogP contribution in [0.25, 0.3) is 0 Å². The van der Waals surface area contributed by atoms with Crippen molar-refractivity contribution in [1.29, 1.82) is 0 Å². The van der Waals surface area contributed by atoms with Gasteiger partial charge in [-0.3, -0.25) is 0 Å². The lowest BCUT2D eigenvalue weighted by molar-refractivity contribution is -0.0199. The zero-order chi connectivity index (χ0) is 11.5. The lowest BCUT2D eigenvalue weighted by Gasteiger charge is -2.20. The van der Waals surface area contributed by atoms with Crippen molar-refractivity contribution in [1.82, 2.24) is 0 Å². The number of hydrogen-bond acceptors (Lipinski definition) is 2. The molecule has 2 heteroatoms. The largest absolute Gasteiger partial charge is 0.336 e. The number of rotatable bonds is 0. The molecule has 1 heterocycles. The second-order valence-corrected chi connectivity index (χ2v) is 4.60. The average molecular weight is 228 g/mol. The van der Waals surface area contributed by atoms with Crippen molar-refractivity contribution >= 4 is 0 Å². The molecular weight excluding hydrogens is 212 g/mol. The van der Waals surface area contributed by atoms with Gasteiger partial charge in [-0.1, -0.05) is 37.0 Å². The van der Waals surface area contributed by atoms with Crippen LogP contribution in [0.5, 0.6) is 0 Å². The van der Waals surface area contributed by atoms with E-state index in [9.17, 15) is 0 Å². The van der Waals surface area contributed by atoms with Crippen LogP contribution in [0.15, 0.2) is 30.3 Å². The van der Waals surface area contributed by atoms with Gasteiger partial charge in [0.05, 0.1) is 12.2 Å². The fourth-order valence-corrected chi connectivity index (χ4v) is 2.46. The smallest absolute Gasteiger partial charge is 0.223 e. The molecule has 2 aliphatic rings. The van der Waals surface area contributed by atoms with Gasteiger partial charge in [-0.15, -0.1) is 0 Å². The van der Waals surface area contributed by atoms with Crippen molar-refractivity contribution in [2.45, 2.75) is 44.2 Å². The zero-order valence-corrected chi connectivity index (χ0v) is 9.76. The summed E-state index contributed by atoms with van der Waals surface area (Å²) in [4.78, 5) is 0. The number of hydrogen-bond donors (Lipinski definition) is 0. The summed E-state index contributed by atoms with van der Waals surface area (Å²) < 4.78 is 11.6. The Labute approximate surface area is 102 Å². The summed E-state index contributed by atoms with van der Waals surface area (Å²) in [5.41, 5.74) is 1.01. The molecule has 1 aromatic rings. The molecule has 1 aliphatic carbocycles. The van der Waals surface area contributed by atoms with E-state index in [2.05, 4.69) is 11.8 Å². The summed E-state index contributed by atoms with van der Waals surface area (Å²) in [5, 5.41) is 0. The summed E-state index contributed by atoms with van der Waals surface area (Å²) in [6.45, 7) is 0. The van der Waals surface area contributed by atoms with Crippen LogP contribution in [-0.4, -0.2) is 18.5 Å². The molecule has 0 amide bonds. The van der Waals surface area contributed by atoms with Crippen LogP contribution in [0, 0.1) is 11.8 Å². The van der Waals surface area contributed by atoms with Gasteiger partial charge in [0.2, 0.25) is 6.29 Å². The third-order valence-corrected chi connectivity index (χ3v) is 3.35. The Kier molecular flexibility index (Phi) is 3.13. The van der Waals surface area contributed by atoms with Gasteiger partial charge in [0.15, 0.2) is 0 Å². The molecule has 2 nitrogen and oxygen atoms in total. The molecule has 2 fully saturated rings. The van der Waals surface area contributed by atoms with Crippen LogP contribution >= 0.6 is 0 Å². The Morgan fingerprint density at radius 2 is 1.59 bits per heavy atom. The molecule has 0 aromatic heterocycles. The van der Waals surface area contributed by atoms with E-state index in [1.807, 2.05) is 30.3 Å². The molecule has 3 rings (SSSR count). The maximum atomic E-state index is 5.79. The van der Waals surface area contributed by atoms with Gasteiger partial charge < -0.3 is 9.47 Å². The summed E-state index contributed by atoms with van der Waals surface area (Å²) in [6, 6.07) is 9.95. The molecule has 1 aliphatic heterocycles. The van der Waals surface area contributed by atoms with E-state index in [1.54, 1.807) is 0 Å². The second kappa shape index (κ2) is 4.91. The predicted octanol–water partition coefficient (Wildman–Crippen LogP) is 2.72. The van der Waals surface area contributed by atoms with Crippen LogP contribution in [-0.2, 0) is 9.47 Å². The maximum Gasteiger partial charge on any atom is 0.223 e. The minimum atomic E-state index is -0.330. The summed E-state index contributed by atoms with van der Waals surface area (Å²) in [5.74, 6) is 6.16. The van der Waals surface area contributed by atoms with Crippen molar-refractivity contribution in [3.8, 4) is 11.8 Å². The zero-order valence-electron chi connectivity index (χ0n) is 9.76. The van der Waals surface area contributed by atoms with Crippen molar-refractivity contribution in [3.05, 3.63) is 35.9 Å². The van der Waals surface area contributed by atoms with Gasteiger partial charge in [0, 0.05) is 5.56 Å².